The van der Waals surface area contributed by atoms with Crippen LogP contribution in [-0.4, -0.2) is 69.6 Å². The van der Waals surface area contributed by atoms with E-state index < -0.39 is 76.3 Å². The summed E-state index contributed by atoms with van der Waals surface area (Å²) in [6.45, 7) is 0. The van der Waals surface area contributed by atoms with Crippen molar-refractivity contribution in [3.63, 3.8) is 0 Å². The van der Waals surface area contributed by atoms with Crippen molar-refractivity contribution in [2.45, 2.75) is 43.2 Å². The highest BCUT2D eigenvalue weighted by molar-refractivity contribution is 5.79. The normalized spacial score (nSPS) is 20.5. The van der Waals surface area contributed by atoms with E-state index in [0.717, 1.165) is 24.3 Å². The molecule has 0 amide bonds. The number of fused-ring (bicyclic) bond motifs is 2. The first kappa shape index (κ1) is 29.5. The Morgan fingerprint density at radius 2 is 0.956 bits per heavy atom. The Morgan fingerprint density at radius 3 is 1.31 bits per heavy atom. The topological polar surface area (TPSA) is 238 Å². The zero-order chi connectivity index (χ0) is 32.3. The van der Waals surface area contributed by atoms with Crippen LogP contribution in [0.4, 0.5) is 0 Å². The summed E-state index contributed by atoms with van der Waals surface area (Å²) in [4.78, 5) is 12.9. The van der Waals surface area contributed by atoms with Gasteiger partial charge in [0.25, 0.3) is 0 Å². The van der Waals surface area contributed by atoms with Gasteiger partial charge in [-0.25, -0.2) is 0 Å². The standard InChI is InChI=1S/C32H28O13/c33-11-16(27-23(40)9-19(36)14-7-25(42)29(44-31(14)27)12-1-3-17(34)21(38)5-12)28-24(41)10-20(37)15-8-26(43)30(45-32(15)28)13-2-4-18(35)22(39)6-13/h1-6,9-11,16,25-26,29-30,34-43H,7-8H2/t25-,26-,29+,30+/m0/s1. The van der Waals surface area contributed by atoms with Gasteiger partial charge in [0.1, 0.15) is 53.0 Å². The van der Waals surface area contributed by atoms with E-state index >= 15 is 0 Å². The molecule has 2 heterocycles. The number of carbonyl (C=O) groups is 1. The fourth-order valence-electron chi connectivity index (χ4n) is 5.98. The summed E-state index contributed by atoms with van der Waals surface area (Å²) in [6, 6.07) is 9.36. The van der Waals surface area contributed by atoms with E-state index in [9.17, 15) is 55.9 Å². The lowest BCUT2D eigenvalue weighted by Gasteiger charge is -2.35. The van der Waals surface area contributed by atoms with Crippen molar-refractivity contribution in [2.24, 2.45) is 0 Å². The number of benzene rings is 4. The molecule has 4 aromatic rings. The van der Waals surface area contributed by atoms with Crippen molar-refractivity contribution in [3.8, 4) is 57.5 Å². The van der Waals surface area contributed by atoms with Gasteiger partial charge < -0.3 is 65.3 Å². The molecular formula is C32H28O13. The molecule has 0 spiro atoms. The minimum Gasteiger partial charge on any atom is -0.507 e. The first-order valence-corrected chi connectivity index (χ1v) is 13.7. The van der Waals surface area contributed by atoms with Gasteiger partial charge in [-0.1, -0.05) is 12.1 Å². The SMILES string of the molecule is O=CC(c1c(O)cc(O)c2c1O[C@H](c1ccc(O)c(O)c1)[C@@H](O)C2)c1c(O)cc(O)c2c1O[C@H](c1ccc(O)c(O)c1)[C@@H](O)C2. The van der Waals surface area contributed by atoms with Gasteiger partial charge in [0.15, 0.2) is 23.0 Å². The van der Waals surface area contributed by atoms with E-state index in [1.54, 1.807) is 0 Å². The van der Waals surface area contributed by atoms with E-state index in [2.05, 4.69) is 0 Å². The Labute approximate surface area is 254 Å². The van der Waals surface area contributed by atoms with Crippen molar-refractivity contribution in [1.82, 2.24) is 0 Å². The molecule has 0 aliphatic carbocycles. The number of ether oxygens (including phenoxy) is 2. The second-order valence-electron chi connectivity index (χ2n) is 11.0. The molecule has 0 unspecified atom stereocenters. The highest BCUT2D eigenvalue weighted by atomic mass is 16.5. The summed E-state index contributed by atoms with van der Waals surface area (Å²) >= 11 is 0. The van der Waals surface area contributed by atoms with Crippen LogP contribution in [0.2, 0.25) is 0 Å². The molecule has 2 aliphatic heterocycles. The Bertz CT molecular complexity index is 1710. The lowest BCUT2D eigenvalue weighted by Crippen LogP contribution is -2.32. The number of hydrogen-bond acceptors (Lipinski definition) is 13. The maximum Gasteiger partial charge on any atom is 0.157 e. The van der Waals surface area contributed by atoms with E-state index in [1.807, 2.05) is 0 Å². The molecule has 6 rings (SSSR count). The number of aromatic hydroxyl groups is 8. The van der Waals surface area contributed by atoms with Gasteiger partial charge in [-0.15, -0.1) is 0 Å². The Kier molecular flexibility index (Phi) is 7.14. The third-order valence-electron chi connectivity index (χ3n) is 8.18. The van der Waals surface area contributed by atoms with Crippen LogP contribution in [0.3, 0.4) is 0 Å². The Balaban J connectivity index is 1.50. The molecule has 0 saturated heterocycles. The lowest BCUT2D eigenvalue weighted by atomic mass is 9.83. The average molecular weight is 621 g/mol. The van der Waals surface area contributed by atoms with E-state index in [0.29, 0.717) is 6.29 Å². The van der Waals surface area contributed by atoms with E-state index in [1.165, 1.54) is 24.3 Å². The molecular weight excluding hydrogens is 592 g/mol. The van der Waals surface area contributed by atoms with Gasteiger partial charge in [0, 0.05) is 36.1 Å². The van der Waals surface area contributed by atoms with Gasteiger partial charge in [-0.3, -0.25) is 0 Å². The van der Waals surface area contributed by atoms with Gasteiger partial charge in [0.2, 0.25) is 0 Å². The summed E-state index contributed by atoms with van der Waals surface area (Å²) in [7, 11) is 0. The summed E-state index contributed by atoms with van der Waals surface area (Å²) in [6.07, 6.45) is -5.02. The Morgan fingerprint density at radius 1 is 0.556 bits per heavy atom. The molecule has 234 valence electrons. The second kappa shape index (κ2) is 10.9. The van der Waals surface area contributed by atoms with Crippen molar-refractivity contribution in [2.75, 3.05) is 0 Å². The number of phenols is 8. The van der Waals surface area contributed by atoms with Gasteiger partial charge >= 0.3 is 0 Å². The van der Waals surface area contributed by atoms with Crippen molar-refractivity contribution >= 4 is 6.29 Å². The van der Waals surface area contributed by atoms with Crippen LogP contribution in [0.1, 0.15) is 51.5 Å². The number of hydrogen-bond donors (Lipinski definition) is 10. The van der Waals surface area contributed by atoms with Crippen molar-refractivity contribution in [1.29, 1.82) is 0 Å². The van der Waals surface area contributed by atoms with Gasteiger partial charge in [0.05, 0.1) is 29.3 Å². The number of aldehydes is 1. The third-order valence-corrected chi connectivity index (χ3v) is 8.18. The third kappa shape index (κ3) is 4.87. The van der Waals surface area contributed by atoms with Crippen LogP contribution < -0.4 is 9.47 Å². The number of aliphatic hydroxyl groups is 2. The predicted molar refractivity (Wildman–Crippen MR) is 153 cm³/mol. The molecule has 4 atom stereocenters. The molecule has 2 aliphatic rings. The van der Waals surface area contributed by atoms with Crippen LogP contribution >= 0.6 is 0 Å². The lowest BCUT2D eigenvalue weighted by molar-refractivity contribution is -0.108. The first-order valence-electron chi connectivity index (χ1n) is 13.7. The maximum atomic E-state index is 12.9. The predicted octanol–water partition coefficient (Wildman–Crippen LogP) is 2.74. The van der Waals surface area contributed by atoms with Crippen LogP contribution in [0.25, 0.3) is 0 Å². The summed E-state index contributed by atoms with van der Waals surface area (Å²) in [5, 5.41) is 105. The Hall–Kier alpha value is -5.53. The van der Waals surface area contributed by atoms with Crippen molar-refractivity contribution in [3.05, 3.63) is 81.9 Å². The molecule has 0 bridgehead atoms. The zero-order valence-electron chi connectivity index (χ0n) is 23.2. The molecule has 13 nitrogen and oxygen atoms in total. The number of rotatable bonds is 5. The van der Waals surface area contributed by atoms with Crippen molar-refractivity contribution < 1.29 is 65.3 Å². The monoisotopic (exact) mass is 620 g/mol. The fourth-order valence-corrected chi connectivity index (χ4v) is 5.98. The summed E-state index contributed by atoms with van der Waals surface area (Å²) < 4.78 is 12.2. The first-order chi connectivity index (χ1) is 21.4. The zero-order valence-corrected chi connectivity index (χ0v) is 23.2. The maximum absolute atomic E-state index is 12.9. The average Bonchev–Trinajstić information content (AvgIpc) is 2.99. The molecule has 0 aromatic heterocycles. The van der Waals surface area contributed by atoms with Crippen LogP contribution in [0, 0.1) is 0 Å². The molecule has 0 saturated carbocycles. The number of aliphatic hydroxyl groups excluding tert-OH is 2. The molecule has 4 aromatic carbocycles. The van der Waals surface area contributed by atoms with E-state index in [4.69, 9.17) is 9.47 Å². The quantitative estimate of drug-likeness (QED) is 0.114. The fraction of sp³-hybridized carbons (Fsp3) is 0.219. The molecule has 13 heteroatoms. The van der Waals surface area contributed by atoms with Gasteiger partial charge in [-0.05, 0) is 35.4 Å². The van der Waals surface area contributed by atoms with Crippen LogP contribution in [-0.2, 0) is 17.6 Å². The highest BCUT2D eigenvalue weighted by Crippen LogP contribution is 2.54. The minimum atomic E-state index is -1.57. The second-order valence-corrected chi connectivity index (χ2v) is 11.0. The molecule has 0 fully saturated rings. The summed E-state index contributed by atoms with van der Waals surface area (Å²) in [5.41, 5.74) is 0.0534. The number of carbonyl (C=O) groups excluding carboxylic acids is 1. The smallest absolute Gasteiger partial charge is 0.157 e. The number of phenolic OH excluding ortho intramolecular Hbond substituents is 8. The van der Waals surface area contributed by atoms with Crippen LogP contribution in [0.15, 0.2) is 48.5 Å². The van der Waals surface area contributed by atoms with Gasteiger partial charge in [-0.2, -0.15) is 0 Å². The largest absolute Gasteiger partial charge is 0.507 e. The molecule has 10 N–H and O–H groups in total. The minimum absolute atomic E-state index is 0.0299. The summed E-state index contributed by atoms with van der Waals surface area (Å²) in [5.74, 6) is -5.94. The van der Waals surface area contributed by atoms with E-state index in [-0.39, 0.29) is 57.7 Å². The molecule has 45 heavy (non-hydrogen) atoms. The highest BCUT2D eigenvalue weighted by Gasteiger charge is 2.41. The molecule has 0 radical (unpaired) electrons. The van der Waals surface area contributed by atoms with Crippen LogP contribution in [0.5, 0.6) is 57.5 Å².